The average Bonchev–Trinajstić information content (AvgIpc) is 2.79. The van der Waals surface area contributed by atoms with Crippen LogP contribution in [0.15, 0.2) is 24.3 Å². The van der Waals surface area contributed by atoms with Gasteiger partial charge in [0.25, 0.3) is 5.91 Å². The summed E-state index contributed by atoms with van der Waals surface area (Å²) >= 11 is 0. The molecule has 7 heteroatoms. The summed E-state index contributed by atoms with van der Waals surface area (Å²) in [6.07, 6.45) is 0.219. The zero-order chi connectivity index (χ0) is 22.1. The van der Waals surface area contributed by atoms with Gasteiger partial charge in [-0.05, 0) is 50.5 Å². The Morgan fingerprint density at radius 1 is 1.07 bits per heavy atom. The van der Waals surface area contributed by atoms with Crippen molar-refractivity contribution in [2.24, 2.45) is 5.41 Å². The number of amides is 3. The van der Waals surface area contributed by atoms with Gasteiger partial charge in [0.05, 0.1) is 12.1 Å². The van der Waals surface area contributed by atoms with Gasteiger partial charge >= 0.3 is 5.97 Å². The Kier molecular flexibility index (Phi) is 6.21. The maximum absolute atomic E-state index is 13.2. The van der Waals surface area contributed by atoms with Crippen LogP contribution < -0.4 is 9.64 Å². The lowest BCUT2D eigenvalue weighted by Gasteiger charge is -2.40. The summed E-state index contributed by atoms with van der Waals surface area (Å²) in [5, 5.41) is 0. The average molecular weight is 402 g/mol. The number of anilines is 1. The van der Waals surface area contributed by atoms with E-state index >= 15 is 0 Å². The molecule has 1 fully saturated rings. The summed E-state index contributed by atoms with van der Waals surface area (Å²) in [5.74, 6) is -1.06. The van der Waals surface area contributed by atoms with E-state index in [2.05, 4.69) is 0 Å². The van der Waals surface area contributed by atoms with Gasteiger partial charge in [-0.25, -0.2) is 4.90 Å². The van der Waals surface area contributed by atoms with E-state index < -0.39 is 23.5 Å². The van der Waals surface area contributed by atoms with E-state index in [1.807, 2.05) is 41.5 Å². The second-order valence-corrected chi connectivity index (χ2v) is 9.55. The molecular weight excluding hydrogens is 372 g/mol. The van der Waals surface area contributed by atoms with Crippen molar-refractivity contribution in [1.82, 2.24) is 4.90 Å². The predicted molar refractivity (Wildman–Crippen MR) is 109 cm³/mol. The van der Waals surface area contributed by atoms with Gasteiger partial charge in [0.15, 0.2) is 0 Å². The highest BCUT2D eigenvalue weighted by Gasteiger charge is 2.47. The zero-order valence-electron chi connectivity index (χ0n) is 18.2. The van der Waals surface area contributed by atoms with Gasteiger partial charge < -0.3 is 9.64 Å². The van der Waals surface area contributed by atoms with E-state index in [1.54, 1.807) is 17.0 Å². The van der Waals surface area contributed by atoms with E-state index in [0.717, 1.165) is 4.90 Å². The van der Waals surface area contributed by atoms with Crippen LogP contribution in [0.2, 0.25) is 0 Å². The zero-order valence-corrected chi connectivity index (χ0v) is 18.2. The highest BCUT2D eigenvalue weighted by Crippen LogP contribution is 2.32. The molecule has 158 valence electrons. The van der Waals surface area contributed by atoms with Crippen LogP contribution in [0.3, 0.4) is 0 Å². The third-order valence-electron chi connectivity index (χ3n) is 4.46. The third-order valence-corrected chi connectivity index (χ3v) is 4.46. The number of esters is 1. The van der Waals surface area contributed by atoms with Crippen LogP contribution in [0, 0.1) is 5.41 Å². The van der Waals surface area contributed by atoms with Crippen molar-refractivity contribution in [2.45, 2.75) is 72.9 Å². The minimum atomic E-state index is -0.842. The molecular formula is C22H30N2O5. The minimum absolute atomic E-state index is 0.0579. The first-order chi connectivity index (χ1) is 13.2. The molecule has 1 aromatic carbocycles. The summed E-state index contributed by atoms with van der Waals surface area (Å²) in [4.78, 5) is 52.6. The normalized spacial score (nSPS) is 17.5. The Morgan fingerprint density at radius 3 is 2.07 bits per heavy atom. The largest absolute Gasteiger partial charge is 0.427 e. The molecule has 0 aliphatic carbocycles. The summed E-state index contributed by atoms with van der Waals surface area (Å²) in [5.41, 5.74) is -0.466. The van der Waals surface area contributed by atoms with Crippen molar-refractivity contribution >= 4 is 29.4 Å². The number of ether oxygens (including phenoxy) is 1. The molecule has 0 spiro atoms. The molecule has 2 rings (SSSR count). The van der Waals surface area contributed by atoms with Gasteiger partial charge in [-0.15, -0.1) is 0 Å². The smallest absolute Gasteiger partial charge is 0.308 e. The highest BCUT2D eigenvalue weighted by atomic mass is 16.5. The first kappa shape index (κ1) is 22.6. The van der Waals surface area contributed by atoms with E-state index in [9.17, 15) is 19.2 Å². The quantitative estimate of drug-likeness (QED) is 0.438. The van der Waals surface area contributed by atoms with Crippen LogP contribution in [0.1, 0.15) is 61.3 Å². The molecule has 1 heterocycles. The molecule has 29 heavy (non-hydrogen) atoms. The molecule has 3 amide bonds. The van der Waals surface area contributed by atoms with E-state index in [0.29, 0.717) is 11.4 Å². The Labute approximate surface area is 172 Å². The maximum Gasteiger partial charge on any atom is 0.308 e. The maximum atomic E-state index is 13.2. The molecule has 1 atom stereocenters. The van der Waals surface area contributed by atoms with Crippen molar-refractivity contribution in [1.29, 1.82) is 0 Å². The molecule has 0 bridgehead atoms. The van der Waals surface area contributed by atoms with E-state index in [1.165, 1.54) is 19.1 Å². The van der Waals surface area contributed by atoms with Crippen molar-refractivity contribution in [3.63, 3.8) is 0 Å². The molecule has 1 aliphatic heterocycles. The second-order valence-electron chi connectivity index (χ2n) is 9.55. The fourth-order valence-electron chi connectivity index (χ4n) is 3.47. The fourth-order valence-corrected chi connectivity index (χ4v) is 3.47. The summed E-state index contributed by atoms with van der Waals surface area (Å²) in [6.45, 7) is 12.8. The Hall–Kier alpha value is -2.70. The topological polar surface area (TPSA) is 84.0 Å². The van der Waals surface area contributed by atoms with Crippen molar-refractivity contribution < 1.29 is 23.9 Å². The Morgan fingerprint density at radius 2 is 1.62 bits per heavy atom. The first-order valence-corrected chi connectivity index (χ1v) is 9.68. The van der Waals surface area contributed by atoms with E-state index in [4.69, 9.17) is 4.74 Å². The molecule has 1 aliphatic rings. The molecule has 1 unspecified atom stereocenters. The van der Waals surface area contributed by atoms with Gasteiger partial charge in [0, 0.05) is 18.9 Å². The van der Waals surface area contributed by atoms with Crippen LogP contribution in [-0.4, -0.2) is 40.2 Å². The summed E-state index contributed by atoms with van der Waals surface area (Å²) in [7, 11) is 0. The molecule has 7 nitrogen and oxygen atoms in total. The molecule has 0 aromatic heterocycles. The Balaban J connectivity index is 2.31. The number of nitrogens with zero attached hydrogens (tertiary/aromatic N) is 2. The van der Waals surface area contributed by atoms with Gasteiger partial charge in [-0.3, -0.25) is 19.2 Å². The lowest BCUT2D eigenvalue weighted by Crippen LogP contribution is -2.55. The molecule has 0 saturated carbocycles. The van der Waals surface area contributed by atoms with Crippen molar-refractivity contribution in [3.8, 4) is 5.75 Å². The van der Waals surface area contributed by atoms with Crippen molar-refractivity contribution in [2.75, 3.05) is 4.90 Å². The van der Waals surface area contributed by atoms with Crippen LogP contribution in [0.5, 0.6) is 5.75 Å². The lowest BCUT2D eigenvalue weighted by molar-refractivity contribution is -0.145. The minimum Gasteiger partial charge on any atom is -0.427 e. The van der Waals surface area contributed by atoms with Gasteiger partial charge in [0.1, 0.15) is 11.8 Å². The number of hydrogen-bond acceptors (Lipinski definition) is 5. The molecule has 1 aromatic rings. The number of hydrogen-bond donors (Lipinski definition) is 0. The standard InChI is InChI=1S/C22H30N2O5/c1-14(25)29-16-10-8-15(9-11-16)23-18(26)12-17(20(23)28)24(22(5,6)7)19(27)13-21(2,3)4/h8-11,17H,12-13H2,1-7H3. The number of carbonyl (C=O) groups excluding carboxylic acids is 4. The molecule has 0 radical (unpaired) electrons. The number of imide groups is 1. The molecule has 1 saturated heterocycles. The van der Waals surface area contributed by atoms with Crippen LogP contribution in [-0.2, 0) is 19.2 Å². The molecule has 0 N–H and O–H groups in total. The van der Waals surface area contributed by atoms with Gasteiger partial charge in [-0.1, -0.05) is 20.8 Å². The number of benzene rings is 1. The van der Waals surface area contributed by atoms with Crippen LogP contribution >= 0.6 is 0 Å². The summed E-state index contributed by atoms with van der Waals surface area (Å²) < 4.78 is 4.99. The predicted octanol–water partition coefficient (Wildman–Crippen LogP) is 3.31. The SMILES string of the molecule is CC(=O)Oc1ccc(N2C(=O)CC(N(C(=O)CC(C)(C)C)C(C)(C)C)C2=O)cc1. The fraction of sp³-hybridized carbons (Fsp3) is 0.545. The monoisotopic (exact) mass is 402 g/mol. The van der Waals surface area contributed by atoms with Gasteiger partial charge in [-0.2, -0.15) is 0 Å². The second kappa shape index (κ2) is 7.97. The van der Waals surface area contributed by atoms with Crippen molar-refractivity contribution in [3.05, 3.63) is 24.3 Å². The number of carbonyl (C=O) groups is 4. The van der Waals surface area contributed by atoms with Gasteiger partial charge in [0.2, 0.25) is 11.8 Å². The number of rotatable bonds is 4. The van der Waals surface area contributed by atoms with Crippen LogP contribution in [0.4, 0.5) is 5.69 Å². The third kappa shape index (κ3) is 5.43. The highest BCUT2D eigenvalue weighted by molar-refractivity contribution is 6.23. The van der Waals surface area contributed by atoms with E-state index in [-0.39, 0.29) is 30.1 Å². The lowest BCUT2D eigenvalue weighted by atomic mass is 9.89. The Bertz CT molecular complexity index is 815. The first-order valence-electron chi connectivity index (χ1n) is 9.68. The van der Waals surface area contributed by atoms with Crippen LogP contribution in [0.25, 0.3) is 0 Å². The summed E-state index contributed by atoms with van der Waals surface area (Å²) in [6, 6.07) is 5.31.